The van der Waals surface area contributed by atoms with Gasteiger partial charge in [0.05, 0.1) is 0 Å². The summed E-state index contributed by atoms with van der Waals surface area (Å²) in [4.78, 5) is 27.5. The maximum absolute atomic E-state index is 13.0. The number of rotatable bonds is 9. The van der Waals surface area contributed by atoms with Crippen molar-refractivity contribution < 1.29 is 14.3 Å². The first-order chi connectivity index (χ1) is 15.9. The molecule has 2 unspecified atom stereocenters. The molecular formula is C28H32N2O3. The van der Waals surface area contributed by atoms with Crippen LogP contribution in [0.1, 0.15) is 55.5 Å². The number of nitrogens with zero attached hydrogens (tertiary/aromatic N) is 1. The molecule has 0 bridgehead atoms. The van der Waals surface area contributed by atoms with Crippen LogP contribution < -0.4 is 15.0 Å². The maximum Gasteiger partial charge on any atom is 0.265 e. The number of carbonyl (C=O) groups excluding carboxylic acids is 2. The molecule has 0 fully saturated rings. The van der Waals surface area contributed by atoms with Crippen LogP contribution in [0.15, 0.2) is 78.9 Å². The van der Waals surface area contributed by atoms with Crippen LogP contribution in [0.3, 0.4) is 0 Å². The number of nitrogens with one attached hydrogen (secondary N) is 1. The van der Waals surface area contributed by atoms with E-state index in [1.165, 1.54) is 0 Å². The minimum absolute atomic E-state index is 0.150. The van der Waals surface area contributed by atoms with Crippen molar-refractivity contribution in [3.63, 3.8) is 0 Å². The molecule has 2 atom stereocenters. The van der Waals surface area contributed by atoms with Gasteiger partial charge in [0.15, 0.2) is 6.10 Å². The molecule has 0 saturated carbocycles. The van der Waals surface area contributed by atoms with Gasteiger partial charge in [0.1, 0.15) is 5.75 Å². The normalized spacial score (nSPS) is 12.5. The maximum atomic E-state index is 13.0. The van der Waals surface area contributed by atoms with Crippen LogP contribution in [0, 0.1) is 0 Å². The van der Waals surface area contributed by atoms with Crippen LogP contribution in [0.25, 0.3) is 0 Å². The first-order valence-electron chi connectivity index (χ1n) is 11.4. The van der Waals surface area contributed by atoms with E-state index in [0.717, 1.165) is 23.4 Å². The third-order valence-electron chi connectivity index (χ3n) is 5.82. The second kappa shape index (κ2) is 11.3. The van der Waals surface area contributed by atoms with Crippen LogP contribution in [-0.4, -0.2) is 25.0 Å². The van der Waals surface area contributed by atoms with Gasteiger partial charge in [-0.05, 0) is 60.7 Å². The van der Waals surface area contributed by atoms with E-state index in [0.29, 0.717) is 23.6 Å². The Morgan fingerprint density at radius 3 is 2.30 bits per heavy atom. The number of anilines is 2. The van der Waals surface area contributed by atoms with Crippen molar-refractivity contribution in [1.29, 1.82) is 0 Å². The van der Waals surface area contributed by atoms with Crippen molar-refractivity contribution in [2.24, 2.45) is 0 Å². The summed E-state index contributed by atoms with van der Waals surface area (Å²) >= 11 is 0. The first kappa shape index (κ1) is 24.1. The topological polar surface area (TPSA) is 58.6 Å². The van der Waals surface area contributed by atoms with Crippen LogP contribution in [0.5, 0.6) is 5.75 Å². The summed E-state index contributed by atoms with van der Waals surface area (Å²) in [6.45, 7) is 6.21. The zero-order valence-electron chi connectivity index (χ0n) is 19.7. The summed E-state index contributed by atoms with van der Waals surface area (Å²) in [5.41, 5.74) is 2.96. The van der Waals surface area contributed by atoms with Gasteiger partial charge in [-0.15, -0.1) is 0 Å². The molecule has 0 saturated heterocycles. The van der Waals surface area contributed by atoms with Crippen molar-refractivity contribution in [3.05, 3.63) is 90.0 Å². The second-order valence-electron chi connectivity index (χ2n) is 8.13. The van der Waals surface area contributed by atoms with E-state index in [1.807, 2.05) is 61.5 Å². The zero-order valence-corrected chi connectivity index (χ0v) is 19.7. The molecule has 0 aliphatic heterocycles. The lowest BCUT2D eigenvalue weighted by Crippen LogP contribution is -2.33. The highest BCUT2D eigenvalue weighted by Gasteiger charge is 2.21. The van der Waals surface area contributed by atoms with E-state index in [4.69, 9.17) is 4.74 Å². The van der Waals surface area contributed by atoms with E-state index in [2.05, 4.69) is 19.2 Å². The Balaban J connectivity index is 1.73. The number of ether oxygens (including phenoxy) is 1. The minimum Gasteiger partial charge on any atom is -0.480 e. The van der Waals surface area contributed by atoms with Crippen LogP contribution in [0.4, 0.5) is 11.4 Å². The smallest absolute Gasteiger partial charge is 0.265 e. The Morgan fingerprint density at radius 2 is 1.61 bits per heavy atom. The molecule has 172 valence electrons. The standard InChI is InChI=1S/C28H32N2O3/c1-5-20(3)24-17-10-11-18-26(24)33-25(6-2)27(31)29-22-14-12-13-21(19-22)28(32)30(4)23-15-8-7-9-16-23/h7-20,25H,5-6H2,1-4H3,(H,29,31). The predicted octanol–water partition coefficient (Wildman–Crippen LogP) is 6.27. The van der Waals surface area contributed by atoms with Gasteiger partial charge in [-0.3, -0.25) is 9.59 Å². The van der Waals surface area contributed by atoms with Crippen molar-refractivity contribution in [2.75, 3.05) is 17.3 Å². The highest BCUT2D eigenvalue weighted by Crippen LogP contribution is 2.29. The zero-order chi connectivity index (χ0) is 23.8. The molecule has 5 heteroatoms. The highest BCUT2D eigenvalue weighted by molar-refractivity contribution is 6.06. The number of hydrogen-bond acceptors (Lipinski definition) is 3. The fourth-order valence-corrected chi connectivity index (χ4v) is 3.61. The van der Waals surface area contributed by atoms with E-state index < -0.39 is 6.10 Å². The molecule has 0 aliphatic rings. The third-order valence-corrected chi connectivity index (χ3v) is 5.82. The Morgan fingerprint density at radius 1 is 0.909 bits per heavy atom. The Kier molecular flexibility index (Phi) is 8.25. The van der Waals surface area contributed by atoms with Gasteiger partial charge in [0.25, 0.3) is 11.8 Å². The Bertz CT molecular complexity index is 1080. The minimum atomic E-state index is -0.637. The lowest BCUT2D eigenvalue weighted by Gasteiger charge is -2.21. The Labute approximate surface area is 196 Å². The van der Waals surface area contributed by atoms with Crippen LogP contribution >= 0.6 is 0 Å². The summed E-state index contributed by atoms with van der Waals surface area (Å²) in [5.74, 6) is 0.689. The van der Waals surface area contributed by atoms with Crippen LogP contribution in [0.2, 0.25) is 0 Å². The second-order valence-corrected chi connectivity index (χ2v) is 8.13. The number of benzene rings is 3. The fraction of sp³-hybridized carbons (Fsp3) is 0.286. The van der Waals surface area contributed by atoms with Crippen LogP contribution in [-0.2, 0) is 4.79 Å². The van der Waals surface area contributed by atoms with Crippen molar-refractivity contribution in [2.45, 2.75) is 45.6 Å². The van der Waals surface area contributed by atoms with Gasteiger partial charge in [-0.1, -0.05) is 63.2 Å². The molecule has 2 amide bonds. The van der Waals surface area contributed by atoms with E-state index in [-0.39, 0.29) is 11.8 Å². The van der Waals surface area contributed by atoms with E-state index >= 15 is 0 Å². The number of amides is 2. The molecule has 0 aromatic heterocycles. The molecule has 33 heavy (non-hydrogen) atoms. The lowest BCUT2D eigenvalue weighted by molar-refractivity contribution is -0.122. The van der Waals surface area contributed by atoms with E-state index in [1.54, 1.807) is 36.2 Å². The largest absolute Gasteiger partial charge is 0.480 e. The summed E-state index contributed by atoms with van der Waals surface area (Å²) in [6, 6.07) is 24.3. The molecular weight excluding hydrogens is 412 g/mol. The predicted molar refractivity (Wildman–Crippen MR) is 134 cm³/mol. The van der Waals surface area contributed by atoms with Gasteiger partial charge in [-0.25, -0.2) is 0 Å². The van der Waals surface area contributed by atoms with E-state index in [9.17, 15) is 9.59 Å². The summed E-state index contributed by atoms with van der Waals surface area (Å²) in [6.07, 6.45) is 0.874. The monoisotopic (exact) mass is 444 g/mol. The molecule has 1 N–H and O–H groups in total. The highest BCUT2D eigenvalue weighted by atomic mass is 16.5. The molecule has 3 aromatic carbocycles. The van der Waals surface area contributed by atoms with Crippen molar-refractivity contribution >= 4 is 23.2 Å². The SMILES string of the molecule is CCC(Oc1ccccc1C(C)CC)C(=O)Nc1cccc(C(=O)N(C)c2ccccc2)c1. The summed E-state index contributed by atoms with van der Waals surface area (Å²) in [5, 5.41) is 2.92. The fourth-order valence-electron chi connectivity index (χ4n) is 3.61. The number of para-hydroxylation sites is 2. The number of carbonyl (C=O) groups is 2. The van der Waals surface area contributed by atoms with Gasteiger partial charge in [0, 0.05) is 24.0 Å². The summed E-state index contributed by atoms with van der Waals surface area (Å²) < 4.78 is 6.14. The molecule has 5 nitrogen and oxygen atoms in total. The molecule has 3 aromatic rings. The summed E-state index contributed by atoms with van der Waals surface area (Å²) in [7, 11) is 1.73. The van der Waals surface area contributed by atoms with Crippen molar-refractivity contribution in [3.8, 4) is 5.75 Å². The van der Waals surface area contributed by atoms with Gasteiger partial charge in [0.2, 0.25) is 0 Å². The Hall–Kier alpha value is -3.60. The molecule has 3 rings (SSSR count). The van der Waals surface area contributed by atoms with Crippen molar-refractivity contribution in [1.82, 2.24) is 0 Å². The average molecular weight is 445 g/mol. The quantitative estimate of drug-likeness (QED) is 0.423. The molecule has 0 spiro atoms. The first-order valence-corrected chi connectivity index (χ1v) is 11.4. The average Bonchev–Trinajstić information content (AvgIpc) is 2.86. The van der Waals surface area contributed by atoms with Gasteiger partial charge >= 0.3 is 0 Å². The molecule has 0 aliphatic carbocycles. The lowest BCUT2D eigenvalue weighted by atomic mass is 9.98. The van der Waals surface area contributed by atoms with Gasteiger partial charge < -0.3 is 15.0 Å². The van der Waals surface area contributed by atoms with Gasteiger partial charge in [-0.2, -0.15) is 0 Å². The molecule has 0 heterocycles. The molecule has 0 radical (unpaired) electrons. The third kappa shape index (κ3) is 6.01. The number of hydrogen-bond donors (Lipinski definition) is 1.